The van der Waals surface area contributed by atoms with E-state index in [1.54, 1.807) is 12.1 Å². The molecule has 0 radical (unpaired) electrons. The Hall–Kier alpha value is -0.890. The highest BCUT2D eigenvalue weighted by Gasteiger charge is 2.38. The predicted molar refractivity (Wildman–Crippen MR) is 62.8 cm³/mol. The van der Waals surface area contributed by atoms with Crippen molar-refractivity contribution >= 4 is 0 Å². The van der Waals surface area contributed by atoms with E-state index in [2.05, 4.69) is 5.32 Å². The van der Waals surface area contributed by atoms with Crippen molar-refractivity contribution in [2.75, 3.05) is 13.1 Å². The van der Waals surface area contributed by atoms with Gasteiger partial charge in [-0.05, 0) is 49.3 Å². The van der Waals surface area contributed by atoms with E-state index in [0.29, 0.717) is 11.8 Å². The van der Waals surface area contributed by atoms with Gasteiger partial charge in [-0.1, -0.05) is 18.2 Å². The summed E-state index contributed by atoms with van der Waals surface area (Å²) in [5, 5.41) is 3.41. The number of rotatable bonds is 2. The first-order chi connectivity index (χ1) is 7.86. The molecule has 86 valence electrons. The monoisotopic (exact) mass is 219 g/mol. The number of halogens is 1. The second-order valence-corrected chi connectivity index (χ2v) is 5.12. The summed E-state index contributed by atoms with van der Waals surface area (Å²) in [6.45, 7) is 2.05. The molecule has 1 heterocycles. The van der Waals surface area contributed by atoms with E-state index in [0.717, 1.165) is 24.6 Å². The molecule has 0 aromatic heterocycles. The van der Waals surface area contributed by atoms with Crippen LogP contribution in [0.1, 0.15) is 30.7 Å². The van der Waals surface area contributed by atoms with E-state index in [1.165, 1.54) is 19.3 Å². The lowest BCUT2D eigenvalue weighted by molar-refractivity contribution is 0.285. The number of nitrogens with one attached hydrogen (secondary N) is 1. The van der Waals surface area contributed by atoms with Crippen LogP contribution >= 0.6 is 0 Å². The van der Waals surface area contributed by atoms with Crippen molar-refractivity contribution in [3.63, 3.8) is 0 Å². The molecule has 0 bridgehead atoms. The van der Waals surface area contributed by atoms with Crippen LogP contribution < -0.4 is 5.32 Å². The van der Waals surface area contributed by atoms with Crippen molar-refractivity contribution in [2.24, 2.45) is 11.8 Å². The lowest BCUT2D eigenvalue weighted by atomic mass is 9.78. The van der Waals surface area contributed by atoms with Crippen LogP contribution in [0.25, 0.3) is 0 Å². The second-order valence-electron chi connectivity index (χ2n) is 5.12. The summed E-state index contributed by atoms with van der Waals surface area (Å²) in [7, 11) is 0. The highest BCUT2D eigenvalue weighted by molar-refractivity contribution is 5.24. The molecule has 1 aliphatic heterocycles. The van der Waals surface area contributed by atoms with Crippen molar-refractivity contribution < 1.29 is 4.39 Å². The van der Waals surface area contributed by atoms with E-state index in [4.69, 9.17) is 0 Å². The number of benzene rings is 1. The summed E-state index contributed by atoms with van der Waals surface area (Å²) < 4.78 is 13.8. The maximum absolute atomic E-state index is 13.8. The normalized spacial score (nSPS) is 30.3. The van der Waals surface area contributed by atoms with E-state index in [9.17, 15) is 4.39 Å². The Morgan fingerprint density at radius 2 is 1.94 bits per heavy atom. The zero-order valence-electron chi connectivity index (χ0n) is 9.45. The molecular formula is C14H18FN. The molecule has 1 saturated heterocycles. The largest absolute Gasteiger partial charge is 0.316 e. The van der Waals surface area contributed by atoms with Gasteiger partial charge in [0, 0.05) is 12.5 Å². The Morgan fingerprint density at radius 1 is 1.12 bits per heavy atom. The van der Waals surface area contributed by atoms with Gasteiger partial charge in [0.15, 0.2) is 0 Å². The van der Waals surface area contributed by atoms with Crippen molar-refractivity contribution in [3.05, 3.63) is 35.6 Å². The van der Waals surface area contributed by atoms with Gasteiger partial charge in [-0.3, -0.25) is 0 Å². The molecule has 2 fully saturated rings. The molecule has 1 aliphatic carbocycles. The van der Waals surface area contributed by atoms with Crippen LogP contribution in [0.2, 0.25) is 0 Å². The zero-order chi connectivity index (χ0) is 11.0. The number of hydrogen-bond donors (Lipinski definition) is 1. The second kappa shape index (κ2) is 4.17. The van der Waals surface area contributed by atoms with Gasteiger partial charge in [-0.2, -0.15) is 0 Å². The van der Waals surface area contributed by atoms with Gasteiger partial charge >= 0.3 is 0 Å². The van der Waals surface area contributed by atoms with Crippen molar-refractivity contribution in [1.29, 1.82) is 0 Å². The average Bonchev–Trinajstić information content (AvgIpc) is 3.14. The SMILES string of the molecule is Fc1ccccc1C1CNCCC1C1CC1. The minimum Gasteiger partial charge on any atom is -0.316 e. The van der Waals surface area contributed by atoms with Crippen LogP contribution in [-0.2, 0) is 0 Å². The maximum atomic E-state index is 13.8. The minimum absolute atomic E-state index is 0.0261. The fourth-order valence-electron chi connectivity index (χ4n) is 3.08. The van der Waals surface area contributed by atoms with E-state index < -0.39 is 0 Å². The van der Waals surface area contributed by atoms with E-state index in [-0.39, 0.29) is 5.82 Å². The van der Waals surface area contributed by atoms with Crippen molar-refractivity contribution in [2.45, 2.75) is 25.2 Å². The van der Waals surface area contributed by atoms with Crippen LogP contribution in [0, 0.1) is 17.7 Å². The van der Waals surface area contributed by atoms with Crippen LogP contribution in [0.3, 0.4) is 0 Å². The fourth-order valence-corrected chi connectivity index (χ4v) is 3.08. The van der Waals surface area contributed by atoms with E-state index >= 15 is 0 Å². The molecule has 1 aromatic rings. The molecule has 0 amide bonds. The predicted octanol–water partition coefficient (Wildman–Crippen LogP) is 2.93. The molecule has 1 N–H and O–H groups in total. The topological polar surface area (TPSA) is 12.0 Å². The maximum Gasteiger partial charge on any atom is 0.126 e. The first-order valence-corrected chi connectivity index (χ1v) is 6.31. The average molecular weight is 219 g/mol. The number of hydrogen-bond acceptors (Lipinski definition) is 1. The summed E-state index contributed by atoms with van der Waals surface area (Å²) >= 11 is 0. The van der Waals surface area contributed by atoms with Gasteiger partial charge in [-0.15, -0.1) is 0 Å². The highest BCUT2D eigenvalue weighted by Crippen LogP contribution is 2.46. The van der Waals surface area contributed by atoms with Crippen LogP contribution in [0.5, 0.6) is 0 Å². The smallest absolute Gasteiger partial charge is 0.126 e. The third-order valence-corrected chi connectivity index (χ3v) is 4.07. The van der Waals surface area contributed by atoms with Crippen LogP contribution in [0.4, 0.5) is 4.39 Å². The first kappa shape index (κ1) is 10.3. The molecule has 2 unspecified atom stereocenters. The minimum atomic E-state index is -0.0261. The van der Waals surface area contributed by atoms with Crippen molar-refractivity contribution in [1.82, 2.24) is 5.32 Å². The fraction of sp³-hybridized carbons (Fsp3) is 0.571. The van der Waals surface area contributed by atoms with Crippen LogP contribution in [0.15, 0.2) is 24.3 Å². The number of piperidine rings is 1. The molecule has 2 heteroatoms. The summed E-state index contributed by atoms with van der Waals surface area (Å²) in [5.74, 6) is 1.94. The molecular weight excluding hydrogens is 201 g/mol. The molecule has 16 heavy (non-hydrogen) atoms. The molecule has 1 saturated carbocycles. The van der Waals surface area contributed by atoms with Gasteiger partial charge in [-0.25, -0.2) is 4.39 Å². The Bertz CT molecular complexity index is 373. The third-order valence-electron chi connectivity index (χ3n) is 4.07. The zero-order valence-corrected chi connectivity index (χ0v) is 9.45. The third kappa shape index (κ3) is 1.86. The van der Waals surface area contributed by atoms with Gasteiger partial charge in [0.05, 0.1) is 0 Å². The lowest BCUT2D eigenvalue weighted by Crippen LogP contribution is -2.36. The van der Waals surface area contributed by atoms with Gasteiger partial charge in [0.2, 0.25) is 0 Å². The molecule has 0 spiro atoms. The summed E-state index contributed by atoms with van der Waals surface area (Å²) in [4.78, 5) is 0. The van der Waals surface area contributed by atoms with Gasteiger partial charge in [0.25, 0.3) is 0 Å². The quantitative estimate of drug-likeness (QED) is 0.806. The Morgan fingerprint density at radius 3 is 2.69 bits per heavy atom. The van der Waals surface area contributed by atoms with Crippen molar-refractivity contribution in [3.8, 4) is 0 Å². The Balaban J connectivity index is 1.88. The first-order valence-electron chi connectivity index (χ1n) is 6.31. The summed E-state index contributed by atoms with van der Waals surface area (Å²) in [6.07, 6.45) is 3.93. The standard InChI is InChI=1S/C14H18FN/c15-14-4-2-1-3-12(14)13-9-16-8-7-11(13)10-5-6-10/h1-4,10-11,13,16H,5-9H2. The molecule has 1 nitrogen and oxygen atoms in total. The lowest BCUT2D eigenvalue weighted by Gasteiger charge is -2.33. The van der Waals surface area contributed by atoms with Gasteiger partial charge in [0.1, 0.15) is 5.82 Å². The summed E-state index contributed by atoms with van der Waals surface area (Å²) in [5.41, 5.74) is 0.923. The van der Waals surface area contributed by atoms with E-state index in [1.807, 2.05) is 12.1 Å². The summed E-state index contributed by atoms with van der Waals surface area (Å²) in [6, 6.07) is 7.29. The highest BCUT2D eigenvalue weighted by atomic mass is 19.1. The molecule has 1 aromatic carbocycles. The Kier molecular flexibility index (Phi) is 2.68. The molecule has 3 rings (SSSR count). The molecule has 2 aliphatic rings. The van der Waals surface area contributed by atoms with Crippen LogP contribution in [-0.4, -0.2) is 13.1 Å². The molecule has 2 atom stereocenters. The Labute approximate surface area is 96.1 Å². The van der Waals surface area contributed by atoms with Gasteiger partial charge < -0.3 is 5.32 Å².